The van der Waals surface area contributed by atoms with Gasteiger partial charge in [-0.25, -0.2) is 12.8 Å². The Bertz CT molecular complexity index is 517. The highest BCUT2D eigenvalue weighted by Crippen LogP contribution is 2.22. The van der Waals surface area contributed by atoms with Crippen LogP contribution in [0.2, 0.25) is 0 Å². The van der Waals surface area contributed by atoms with Gasteiger partial charge in [-0.05, 0) is 19.0 Å². The SMILES string of the molecule is CCCNCc1cccc(F)c1OCCS(=O)(=O)CC. The van der Waals surface area contributed by atoms with E-state index in [0.717, 1.165) is 13.0 Å². The first kappa shape index (κ1) is 16.9. The molecule has 1 rings (SSSR count). The minimum Gasteiger partial charge on any atom is -0.489 e. The minimum atomic E-state index is -3.10. The van der Waals surface area contributed by atoms with Crippen molar-refractivity contribution in [1.29, 1.82) is 0 Å². The zero-order chi connectivity index (χ0) is 15.0. The summed E-state index contributed by atoms with van der Waals surface area (Å²) in [5.41, 5.74) is 0.701. The normalized spacial score (nSPS) is 11.6. The predicted molar refractivity (Wildman–Crippen MR) is 78.2 cm³/mol. The molecule has 0 radical (unpaired) electrons. The van der Waals surface area contributed by atoms with E-state index in [2.05, 4.69) is 5.32 Å². The molecule has 0 bridgehead atoms. The van der Waals surface area contributed by atoms with E-state index >= 15 is 0 Å². The number of rotatable bonds is 9. The number of hydrogen-bond donors (Lipinski definition) is 1. The Hall–Kier alpha value is -1.14. The smallest absolute Gasteiger partial charge is 0.165 e. The predicted octanol–water partition coefficient (Wildman–Crippen LogP) is 2.14. The topological polar surface area (TPSA) is 55.4 Å². The lowest BCUT2D eigenvalue weighted by Crippen LogP contribution is -2.18. The van der Waals surface area contributed by atoms with E-state index in [0.29, 0.717) is 12.1 Å². The third-order valence-electron chi connectivity index (χ3n) is 2.87. The summed E-state index contributed by atoms with van der Waals surface area (Å²) in [5, 5.41) is 3.17. The molecule has 0 saturated heterocycles. The van der Waals surface area contributed by atoms with Crippen molar-refractivity contribution in [3.8, 4) is 5.75 Å². The Morgan fingerprint density at radius 2 is 2.05 bits per heavy atom. The molecule has 0 saturated carbocycles. The van der Waals surface area contributed by atoms with Crippen LogP contribution in [0.1, 0.15) is 25.8 Å². The first-order valence-corrected chi connectivity index (χ1v) is 8.63. The standard InChI is InChI=1S/C14H22FNO3S/c1-3-8-16-11-12-6-5-7-13(15)14(12)19-9-10-20(17,18)4-2/h5-7,16H,3-4,8-11H2,1-2H3. The van der Waals surface area contributed by atoms with Crippen LogP contribution in [0, 0.1) is 5.82 Å². The zero-order valence-electron chi connectivity index (χ0n) is 12.0. The summed E-state index contributed by atoms with van der Waals surface area (Å²) in [5.74, 6) is -0.352. The van der Waals surface area contributed by atoms with Crippen molar-refractivity contribution < 1.29 is 17.5 Å². The molecule has 0 amide bonds. The summed E-state index contributed by atoms with van der Waals surface area (Å²) in [6.07, 6.45) is 0.986. The summed E-state index contributed by atoms with van der Waals surface area (Å²) >= 11 is 0. The molecule has 1 aromatic carbocycles. The Kier molecular flexibility index (Phi) is 6.95. The molecule has 1 aromatic rings. The van der Waals surface area contributed by atoms with E-state index in [-0.39, 0.29) is 23.9 Å². The Balaban J connectivity index is 2.67. The summed E-state index contributed by atoms with van der Waals surface area (Å²) in [6, 6.07) is 4.70. The fraction of sp³-hybridized carbons (Fsp3) is 0.571. The highest BCUT2D eigenvalue weighted by Gasteiger charge is 2.12. The van der Waals surface area contributed by atoms with Gasteiger partial charge in [0.1, 0.15) is 6.61 Å². The maximum atomic E-state index is 13.8. The van der Waals surface area contributed by atoms with Gasteiger partial charge in [0.25, 0.3) is 0 Å². The van der Waals surface area contributed by atoms with Gasteiger partial charge in [0.15, 0.2) is 21.4 Å². The van der Waals surface area contributed by atoms with E-state index < -0.39 is 15.7 Å². The summed E-state index contributed by atoms with van der Waals surface area (Å²) in [7, 11) is -3.10. The largest absolute Gasteiger partial charge is 0.489 e. The molecule has 0 spiro atoms. The van der Waals surface area contributed by atoms with E-state index in [1.165, 1.54) is 6.07 Å². The minimum absolute atomic E-state index is 0.0299. The molecule has 0 fully saturated rings. The number of nitrogens with one attached hydrogen (secondary N) is 1. The third-order valence-corrected chi connectivity index (χ3v) is 4.54. The number of ether oxygens (including phenoxy) is 1. The quantitative estimate of drug-likeness (QED) is 0.710. The number of halogens is 1. The molecule has 0 unspecified atom stereocenters. The fourth-order valence-corrected chi connectivity index (χ4v) is 2.30. The van der Waals surface area contributed by atoms with Crippen molar-refractivity contribution in [3.05, 3.63) is 29.6 Å². The van der Waals surface area contributed by atoms with Crippen LogP contribution in [0.3, 0.4) is 0 Å². The average Bonchev–Trinajstić information content (AvgIpc) is 2.42. The molecule has 0 aliphatic carbocycles. The van der Waals surface area contributed by atoms with Gasteiger partial charge in [0, 0.05) is 17.9 Å². The van der Waals surface area contributed by atoms with Gasteiger partial charge in [-0.1, -0.05) is 26.0 Å². The molecule has 114 valence electrons. The Morgan fingerprint density at radius 3 is 2.70 bits per heavy atom. The maximum Gasteiger partial charge on any atom is 0.165 e. The van der Waals surface area contributed by atoms with Gasteiger partial charge in [0.2, 0.25) is 0 Å². The van der Waals surface area contributed by atoms with Crippen LogP contribution in [-0.4, -0.2) is 33.1 Å². The van der Waals surface area contributed by atoms with Gasteiger partial charge < -0.3 is 10.1 Å². The molecular formula is C14H22FNO3S. The first-order valence-electron chi connectivity index (χ1n) is 6.81. The highest BCUT2D eigenvalue weighted by molar-refractivity contribution is 7.91. The number of para-hydroxylation sites is 1. The number of benzene rings is 1. The third kappa shape index (κ3) is 5.46. The second-order valence-electron chi connectivity index (χ2n) is 4.49. The zero-order valence-corrected chi connectivity index (χ0v) is 12.8. The Labute approximate surface area is 120 Å². The summed E-state index contributed by atoms with van der Waals surface area (Å²) in [4.78, 5) is 0. The van der Waals surface area contributed by atoms with Crippen molar-refractivity contribution in [2.24, 2.45) is 0 Å². The van der Waals surface area contributed by atoms with E-state index in [4.69, 9.17) is 4.74 Å². The van der Waals surface area contributed by atoms with Gasteiger partial charge in [-0.15, -0.1) is 0 Å². The molecule has 1 N–H and O–H groups in total. The van der Waals surface area contributed by atoms with Crippen LogP contribution in [0.25, 0.3) is 0 Å². The lowest BCUT2D eigenvalue weighted by Gasteiger charge is -2.13. The molecule has 0 aliphatic heterocycles. The van der Waals surface area contributed by atoms with Crippen LogP contribution in [0.15, 0.2) is 18.2 Å². The van der Waals surface area contributed by atoms with Gasteiger partial charge in [-0.2, -0.15) is 0 Å². The van der Waals surface area contributed by atoms with Crippen molar-refractivity contribution in [2.45, 2.75) is 26.8 Å². The van der Waals surface area contributed by atoms with Crippen LogP contribution < -0.4 is 10.1 Å². The highest BCUT2D eigenvalue weighted by atomic mass is 32.2. The lowest BCUT2D eigenvalue weighted by molar-refractivity contribution is 0.317. The molecule has 0 atom stereocenters. The monoisotopic (exact) mass is 303 g/mol. The molecule has 0 aliphatic rings. The summed E-state index contributed by atoms with van der Waals surface area (Å²) in [6.45, 7) is 4.93. The average molecular weight is 303 g/mol. The molecule has 20 heavy (non-hydrogen) atoms. The van der Waals surface area contributed by atoms with Gasteiger partial charge >= 0.3 is 0 Å². The van der Waals surface area contributed by atoms with Crippen molar-refractivity contribution in [1.82, 2.24) is 5.32 Å². The molecule has 0 heterocycles. The van der Waals surface area contributed by atoms with Gasteiger partial charge in [0.05, 0.1) is 5.75 Å². The summed E-state index contributed by atoms with van der Waals surface area (Å²) < 4.78 is 41.9. The molecule has 6 heteroatoms. The maximum absolute atomic E-state index is 13.8. The fourth-order valence-electron chi connectivity index (χ4n) is 1.67. The molecule has 0 aromatic heterocycles. The second kappa shape index (κ2) is 8.21. The van der Waals surface area contributed by atoms with Crippen molar-refractivity contribution >= 4 is 9.84 Å². The van der Waals surface area contributed by atoms with Crippen LogP contribution in [0.5, 0.6) is 5.75 Å². The lowest BCUT2D eigenvalue weighted by atomic mass is 10.2. The van der Waals surface area contributed by atoms with Gasteiger partial charge in [-0.3, -0.25) is 0 Å². The van der Waals surface area contributed by atoms with Crippen molar-refractivity contribution in [3.63, 3.8) is 0 Å². The number of hydrogen-bond acceptors (Lipinski definition) is 4. The van der Waals surface area contributed by atoms with Crippen LogP contribution in [-0.2, 0) is 16.4 Å². The van der Waals surface area contributed by atoms with E-state index in [1.54, 1.807) is 19.1 Å². The number of sulfone groups is 1. The van der Waals surface area contributed by atoms with Crippen molar-refractivity contribution in [2.75, 3.05) is 24.7 Å². The van der Waals surface area contributed by atoms with Crippen LogP contribution >= 0.6 is 0 Å². The first-order chi connectivity index (χ1) is 9.50. The second-order valence-corrected chi connectivity index (χ2v) is 6.96. The molecular weight excluding hydrogens is 281 g/mol. The van der Waals surface area contributed by atoms with E-state index in [9.17, 15) is 12.8 Å². The van der Waals surface area contributed by atoms with E-state index in [1.807, 2.05) is 6.92 Å². The van der Waals surface area contributed by atoms with Crippen LogP contribution in [0.4, 0.5) is 4.39 Å². The molecule has 4 nitrogen and oxygen atoms in total. The Morgan fingerprint density at radius 1 is 1.30 bits per heavy atom.